The van der Waals surface area contributed by atoms with Crippen molar-refractivity contribution >= 4 is 5.91 Å². The van der Waals surface area contributed by atoms with Crippen molar-refractivity contribution in [3.63, 3.8) is 0 Å². The molecule has 5 nitrogen and oxygen atoms in total. The number of hydrogen-bond donors (Lipinski definition) is 3. The van der Waals surface area contributed by atoms with E-state index in [0.29, 0.717) is 18.3 Å². The normalized spacial score (nSPS) is 16.4. The van der Waals surface area contributed by atoms with E-state index in [0.717, 1.165) is 24.2 Å². The van der Waals surface area contributed by atoms with Gasteiger partial charge >= 0.3 is 0 Å². The number of ether oxygens (including phenoxy) is 1. The third-order valence-electron chi connectivity index (χ3n) is 4.89. The molecule has 0 aromatic heterocycles. The Morgan fingerprint density at radius 1 is 1.23 bits per heavy atom. The Bertz CT molecular complexity index is 716. The summed E-state index contributed by atoms with van der Waals surface area (Å²) >= 11 is 0. The number of benzene rings is 2. The molecule has 1 heterocycles. The number of carbonyl (C=O) groups excluding carboxylic acids is 1. The van der Waals surface area contributed by atoms with Crippen molar-refractivity contribution in [1.82, 2.24) is 10.6 Å². The number of hydrogen-bond acceptors (Lipinski definition) is 4. The first-order chi connectivity index (χ1) is 12.6. The van der Waals surface area contributed by atoms with Crippen molar-refractivity contribution in [2.75, 3.05) is 19.6 Å². The van der Waals surface area contributed by atoms with Gasteiger partial charge in [0.15, 0.2) is 0 Å². The third kappa shape index (κ3) is 4.84. The van der Waals surface area contributed by atoms with Crippen LogP contribution in [0.1, 0.15) is 24.2 Å². The molecule has 0 saturated carbocycles. The molecule has 0 aliphatic carbocycles. The number of nitrogens with one attached hydrogen (secondary N) is 2. The Labute approximate surface area is 154 Å². The Morgan fingerprint density at radius 3 is 2.69 bits per heavy atom. The maximum absolute atomic E-state index is 12.2. The highest BCUT2D eigenvalue weighted by molar-refractivity contribution is 5.78. The second kappa shape index (κ2) is 8.83. The van der Waals surface area contributed by atoms with Crippen LogP contribution in [-0.4, -0.2) is 30.6 Å². The molecule has 138 valence electrons. The summed E-state index contributed by atoms with van der Waals surface area (Å²) in [6.45, 7) is 4.39. The fourth-order valence-corrected chi connectivity index (χ4v) is 2.91. The van der Waals surface area contributed by atoms with E-state index in [2.05, 4.69) is 10.6 Å². The van der Waals surface area contributed by atoms with E-state index >= 15 is 0 Å². The third-order valence-corrected chi connectivity index (χ3v) is 4.89. The van der Waals surface area contributed by atoms with Gasteiger partial charge in [0.1, 0.15) is 12.4 Å². The molecule has 26 heavy (non-hydrogen) atoms. The van der Waals surface area contributed by atoms with E-state index in [-0.39, 0.29) is 18.4 Å². The van der Waals surface area contributed by atoms with Gasteiger partial charge in [0.25, 0.3) is 0 Å². The minimum Gasteiger partial charge on any atom is -0.489 e. The van der Waals surface area contributed by atoms with Gasteiger partial charge < -0.3 is 20.5 Å². The smallest absolute Gasteiger partial charge is 0.223 e. The van der Waals surface area contributed by atoms with E-state index in [1.807, 2.05) is 61.5 Å². The maximum atomic E-state index is 12.2. The highest BCUT2D eigenvalue weighted by Gasteiger charge is 2.28. The van der Waals surface area contributed by atoms with Crippen LogP contribution in [0.5, 0.6) is 5.75 Å². The summed E-state index contributed by atoms with van der Waals surface area (Å²) in [4.78, 5) is 12.2. The van der Waals surface area contributed by atoms with Crippen molar-refractivity contribution in [3.05, 3.63) is 65.7 Å². The summed E-state index contributed by atoms with van der Waals surface area (Å²) in [5.41, 5.74) is 1.82. The minimum absolute atomic E-state index is 0.00738. The number of aliphatic hydroxyl groups is 1. The van der Waals surface area contributed by atoms with Crippen LogP contribution in [-0.2, 0) is 11.4 Å². The molecule has 0 bridgehead atoms. The lowest BCUT2D eigenvalue weighted by Gasteiger charge is -2.31. The van der Waals surface area contributed by atoms with Crippen LogP contribution in [0.2, 0.25) is 0 Å². The van der Waals surface area contributed by atoms with Crippen LogP contribution >= 0.6 is 0 Å². The molecule has 2 aromatic carbocycles. The summed E-state index contributed by atoms with van der Waals surface area (Å²) in [7, 11) is 0. The van der Waals surface area contributed by atoms with Crippen LogP contribution < -0.4 is 15.4 Å². The molecule has 1 saturated heterocycles. The zero-order chi connectivity index (χ0) is 18.4. The average molecular weight is 354 g/mol. The summed E-state index contributed by atoms with van der Waals surface area (Å²) in [6.07, 6.45) is -0.758. The molecule has 0 spiro atoms. The van der Waals surface area contributed by atoms with Gasteiger partial charge in [-0.1, -0.05) is 49.4 Å². The maximum Gasteiger partial charge on any atom is 0.223 e. The molecule has 2 aromatic rings. The van der Waals surface area contributed by atoms with Crippen LogP contribution in [0.15, 0.2) is 54.6 Å². The predicted molar refractivity (Wildman–Crippen MR) is 101 cm³/mol. The van der Waals surface area contributed by atoms with Crippen molar-refractivity contribution in [2.45, 2.75) is 19.6 Å². The highest BCUT2D eigenvalue weighted by Crippen LogP contribution is 2.21. The second-order valence-corrected chi connectivity index (χ2v) is 6.81. The van der Waals surface area contributed by atoms with Crippen molar-refractivity contribution in [3.8, 4) is 5.75 Å². The minimum atomic E-state index is -0.758. The topological polar surface area (TPSA) is 70.6 Å². The molecule has 1 aliphatic heterocycles. The lowest BCUT2D eigenvalue weighted by atomic mass is 9.88. The SMILES string of the molecule is CC(C(=O)NCC(O)c1cccc(OCc2ccccc2)c1)C1CNC1. The van der Waals surface area contributed by atoms with E-state index in [4.69, 9.17) is 4.74 Å². The van der Waals surface area contributed by atoms with Gasteiger partial charge in [0.05, 0.1) is 6.10 Å². The second-order valence-electron chi connectivity index (χ2n) is 6.81. The number of rotatable bonds is 8. The molecular formula is C21H26N2O3. The molecule has 5 heteroatoms. The summed E-state index contributed by atoms with van der Waals surface area (Å²) in [5, 5.41) is 16.4. The predicted octanol–water partition coefficient (Wildman–Crippen LogP) is 2.27. The zero-order valence-corrected chi connectivity index (χ0v) is 15.0. The average Bonchev–Trinajstić information content (AvgIpc) is 2.63. The summed E-state index contributed by atoms with van der Waals surface area (Å²) in [6, 6.07) is 17.3. The van der Waals surface area contributed by atoms with Crippen LogP contribution in [0.25, 0.3) is 0 Å². The van der Waals surface area contributed by atoms with Gasteiger partial charge in [-0.2, -0.15) is 0 Å². The van der Waals surface area contributed by atoms with Gasteiger partial charge in [-0.15, -0.1) is 0 Å². The Hall–Kier alpha value is -2.37. The van der Waals surface area contributed by atoms with E-state index in [1.54, 1.807) is 0 Å². The lowest BCUT2D eigenvalue weighted by Crippen LogP contribution is -2.50. The highest BCUT2D eigenvalue weighted by atomic mass is 16.5. The fraction of sp³-hybridized carbons (Fsp3) is 0.381. The Morgan fingerprint density at radius 2 is 2.00 bits per heavy atom. The van der Waals surface area contributed by atoms with Gasteiger partial charge in [-0.05, 0) is 42.3 Å². The first-order valence-electron chi connectivity index (χ1n) is 9.06. The number of aliphatic hydroxyl groups excluding tert-OH is 1. The number of amides is 1. The molecule has 3 N–H and O–H groups in total. The van der Waals surface area contributed by atoms with Crippen molar-refractivity contribution in [2.24, 2.45) is 11.8 Å². The molecule has 1 aliphatic rings. The van der Waals surface area contributed by atoms with Crippen LogP contribution in [0.4, 0.5) is 0 Å². The quantitative estimate of drug-likeness (QED) is 0.680. The molecular weight excluding hydrogens is 328 g/mol. The van der Waals surface area contributed by atoms with Crippen LogP contribution in [0.3, 0.4) is 0 Å². The summed E-state index contributed by atoms with van der Waals surface area (Å²) < 4.78 is 5.79. The standard InChI is InChI=1S/C21H26N2O3/c1-15(18-11-22-12-18)21(25)23-13-20(24)17-8-5-9-19(10-17)26-14-16-6-3-2-4-7-16/h2-10,15,18,20,22,24H,11-14H2,1H3,(H,23,25). The zero-order valence-electron chi connectivity index (χ0n) is 15.0. The van der Waals surface area contributed by atoms with Gasteiger partial charge in [0.2, 0.25) is 5.91 Å². The number of carbonyl (C=O) groups is 1. The van der Waals surface area contributed by atoms with E-state index < -0.39 is 6.10 Å². The Kier molecular flexibility index (Phi) is 6.26. The van der Waals surface area contributed by atoms with Crippen molar-refractivity contribution in [1.29, 1.82) is 0 Å². The molecule has 3 rings (SSSR count). The monoisotopic (exact) mass is 354 g/mol. The lowest BCUT2D eigenvalue weighted by molar-refractivity contribution is -0.127. The first kappa shape index (κ1) is 18.4. The van der Waals surface area contributed by atoms with Gasteiger partial charge in [-0.25, -0.2) is 0 Å². The first-order valence-corrected chi connectivity index (χ1v) is 9.06. The molecule has 0 radical (unpaired) electrons. The molecule has 1 fully saturated rings. The summed E-state index contributed by atoms with van der Waals surface area (Å²) in [5.74, 6) is 1.04. The van der Waals surface area contributed by atoms with E-state index in [9.17, 15) is 9.90 Å². The molecule has 2 unspecified atom stereocenters. The largest absolute Gasteiger partial charge is 0.489 e. The molecule has 2 atom stereocenters. The van der Waals surface area contributed by atoms with Gasteiger partial charge in [0, 0.05) is 12.5 Å². The van der Waals surface area contributed by atoms with Crippen molar-refractivity contribution < 1.29 is 14.6 Å². The Balaban J connectivity index is 1.50. The molecule has 1 amide bonds. The van der Waals surface area contributed by atoms with E-state index in [1.165, 1.54) is 0 Å². The van der Waals surface area contributed by atoms with Crippen LogP contribution in [0, 0.1) is 11.8 Å². The van der Waals surface area contributed by atoms with Gasteiger partial charge in [-0.3, -0.25) is 4.79 Å². The fourth-order valence-electron chi connectivity index (χ4n) is 2.91.